The van der Waals surface area contributed by atoms with Crippen molar-refractivity contribution in [3.05, 3.63) is 12.2 Å². The molecule has 0 saturated heterocycles. The predicted octanol–water partition coefficient (Wildman–Crippen LogP) is 8.85. The van der Waals surface area contributed by atoms with Crippen molar-refractivity contribution in [2.45, 2.75) is 130 Å². The molecule has 0 heteroatoms. The van der Waals surface area contributed by atoms with E-state index in [0.717, 1.165) is 5.92 Å². The van der Waals surface area contributed by atoms with E-state index in [2.05, 4.69) is 32.9 Å². The first-order chi connectivity index (χ1) is 11.3. The van der Waals surface area contributed by atoms with Gasteiger partial charge in [-0.2, -0.15) is 0 Å². The van der Waals surface area contributed by atoms with E-state index in [1.165, 1.54) is 109 Å². The zero-order valence-corrected chi connectivity index (χ0v) is 16.8. The largest absolute Gasteiger partial charge is 0.0885 e. The maximum absolute atomic E-state index is 2.43. The quantitative estimate of drug-likeness (QED) is 0.174. The average Bonchev–Trinajstić information content (AvgIpc) is 2.53. The maximum atomic E-state index is 2.43. The Kier molecular flexibility index (Phi) is 19.6. The highest BCUT2D eigenvalue weighted by molar-refractivity contribution is 4.81. The van der Waals surface area contributed by atoms with Gasteiger partial charge in [-0.05, 0) is 31.6 Å². The molecule has 0 aromatic heterocycles. The number of hydrogen-bond donors (Lipinski definition) is 0. The number of unbranched alkanes of at least 4 members (excludes halogenated alkanes) is 14. The maximum Gasteiger partial charge on any atom is -0.0351 e. The van der Waals surface area contributed by atoms with Crippen LogP contribution in [0.15, 0.2) is 12.2 Å². The van der Waals surface area contributed by atoms with Gasteiger partial charge in [-0.25, -0.2) is 0 Å². The smallest absolute Gasteiger partial charge is 0.0351 e. The van der Waals surface area contributed by atoms with Gasteiger partial charge in [0, 0.05) is 0 Å². The summed E-state index contributed by atoms with van der Waals surface area (Å²) in [5.74, 6) is 0.881. The SMILES string of the molecule is CCCCCCCCCCCCC/C=C\CCCCCC(C)C. The molecule has 0 aromatic carbocycles. The van der Waals surface area contributed by atoms with E-state index in [4.69, 9.17) is 0 Å². The minimum absolute atomic E-state index is 0.881. The van der Waals surface area contributed by atoms with Crippen LogP contribution >= 0.6 is 0 Å². The second-order valence-electron chi connectivity index (χ2n) is 7.83. The van der Waals surface area contributed by atoms with Crippen molar-refractivity contribution in [2.75, 3.05) is 0 Å². The summed E-state index contributed by atoms with van der Waals surface area (Å²) in [4.78, 5) is 0. The van der Waals surface area contributed by atoms with E-state index in [1.54, 1.807) is 0 Å². The van der Waals surface area contributed by atoms with Crippen LogP contribution in [0.5, 0.6) is 0 Å². The Bertz CT molecular complexity index is 226. The first-order valence-electron chi connectivity index (χ1n) is 10.9. The fourth-order valence-electron chi connectivity index (χ4n) is 3.15. The van der Waals surface area contributed by atoms with Crippen molar-refractivity contribution in [3.8, 4) is 0 Å². The number of hydrogen-bond acceptors (Lipinski definition) is 0. The number of allylic oxidation sites excluding steroid dienone is 2. The highest BCUT2D eigenvalue weighted by atomic mass is 14.0. The third-order valence-electron chi connectivity index (χ3n) is 4.79. The zero-order valence-electron chi connectivity index (χ0n) is 16.8. The van der Waals surface area contributed by atoms with Gasteiger partial charge in [-0.15, -0.1) is 0 Å². The third-order valence-corrected chi connectivity index (χ3v) is 4.79. The first kappa shape index (κ1) is 22.7. The molecule has 0 rings (SSSR count). The lowest BCUT2D eigenvalue weighted by molar-refractivity contribution is 0.528. The normalized spacial score (nSPS) is 11.8. The van der Waals surface area contributed by atoms with Crippen LogP contribution in [-0.2, 0) is 0 Å². The molecule has 0 aliphatic heterocycles. The van der Waals surface area contributed by atoms with Crippen LogP contribution in [-0.4, -0.2) is 0 Å². The average molecular weight is 323 g/mol. The van der Waals surface area contributed by atoms with Crippen molar-refractivity contribution in [1.29, 1.82) is 0 Å². The molecule has 0 unspecified atom stereocenters. The molecule has 138 valence electrons. The summed E-state index contributed by atoms with van der Waals surface area (Å²) in [6.45, 7) is 6.95. The van der Waals surface area contributed by atoms with Crippen LogP contribution < -0.4 is 0 Å². The molecule has 0 saturated carbocycles. The summed E-state index contributed by atoms with van der Waals surface area (Å²) in [7, 11) is 0. The van der Waals surface area contributed by atoms with E-state index in [0.29, 0.717) is 0 Å². The van der Waals surface area contributed by atoms with Crippen LogP contribution in [0.25, 0.3) is 0 Å². The Labute approximate surface area is 148 Å². The highest BCUT2D eigenvalue weighted by Gasteiger charge is 1.94. The minimum Gasteiger partial charge on any atom is -0.0885 e. The third kappa shape index (κ3) is 21.7. The Morgan fingerprint density at radius 1 is 0.522 bits per heavy atom. The van der Waals surface area contributed by atoms with Crippen molar-refractivity contribution in [3.63, 3.8) is 0 Å². The van der Waals surface area contributed by atoms with Gasteiger partial charge in [0.25, 0.3) is 0 Å². The molecule has 23 heavy (non-hydrogen) atoms. The van der Waals surface area contributed by atoms with Gasteiger partial charge in [0.1, 0.15) is 0 Å². The van der Waals surface area contributed by atoms with Crippen LogP contribution in [0.3, 0.4) is 0 Å². The van der Waals surface area contributed by atoms with Gasteiger partial charge in [0.15, 0.2) is 0 Å². The van der Waals surface area contributed by atoms with Crippen LogP contribution in [0, 0.1) is 5.92 Å². The van der Waals surface area contributed by atoms with Crippen molar-refractivity contribution in [1.82, 2.24) is 0 Å². The number of rotatable bonds is 18. The van der Waals surface area contributed by atoms with Crippen molar-refractivity contribution in [2.24, 2.45) is 5.92 Å². The Balaban J connectivity index is 3.05. The summed E-state index contributed by atoms with van der Waals surface area (Å²) in [6, 6.07) is 0. The second kappa shape index (κ2) is 19.8. The van der Waals surface area contributed by atoms with E-state index >= 15 is 0 Å². The molecule has 0 atom stereocenters. The Hall–Kier alpha value is -0.260. The molecule has 0 amide bonds. The summed E-state index contributed by atoms with van der Waals surface area (Å²) >= 11 is 0. The summed E-state index contributed by atoms with van der Waals surface area (Å²) in [6.07, 6.45) is 29.0. The standard InChI is InChI=1S/C23H46/c1-4-5-6-7-8-9-10-11-12-13-14-15-16-17-18-19-20-21-22-23(2)3/h16-17,23H,4-15,18-22H2,1-3H3/b17-16-. The molecular weight excluding hydrogens is 276 g/mol. The lowest BCUT2D eigenvalue weighted by Gasteiger charge is -2.02. The Morgan fingerprint density at radius 3 is 1.35 bits per heavy atom. The fraction of sp³-hybridized carbons (Fsp3) is 0.913. The van der Waals surface area contributed by atoms with E-state index < -0.39 is 0 Å². The molecule has 0 radical (unpaired) electrons. The molecule has 0 heterocycles. The zero-order chi connectivity index (χ0) is 17.0. The van der Waals surface area contributed by atoms with E-state index in [9.17, 15) is 0 Å². The molecule has 0 bridgehead atoms. The summed E-state index contributed by atoms with van der Waals surface area (Å²) < 4.78 is 0. The molecular formula is C23H46. The lowest BCUT2D eigenvalue weighted by atomic mass is 10.0. The lowest BCUT2D eigenvalue weighted by Crippen LogP contribution is -1.86. The van der Waals surface area contributed by atoms with Gasteiger partial charge < -0.3 is 0 Å². The van der Waals surface area contributed by atoms with E-state index in [1.807, 2.05) is 0 Å². The van der Waals surface area contributed by atoms with Gasteiger partial charge in [-0.1, -0.05) is 116 Å². The molecule has 0 N–H and O–H groups in total. The van der Waals surface area contributed by atoms with Gasteiger partial charge in [-0.3, -0.25) is 0 Å². The van der Waals surface area contributed by atoms with Gasteiger partial charge >= 0.3 is 0 Å². The van der Waals surface area contributed by atoms with Crippen LogP contribution in [0.4, 0.5) is 0 Å². The van der Waals surface area contributed by atoms with Crippen LogP contribution in [0.2, 0.25) is 0 Å². The van der Waals surface area contributed by atoms with Crippen molar-refractivity contribution >= 4 is 0 Å². The first-order valence-corrected chi connectivity index (χ1v) is 10.9. The monoisotopic (exact) mass is 322 g/mol. The molecule has 0 aliphatic rings. The minimum atomic E-state index is 0.881. The van der Waals surface area contributed by atoms with Gasteiger partial charge in [0.2, 0.25) is 0 Å². The predicted molar refractivity (Wildman–Crippen MR) is 108 cm³/mol. The Morgan fingerprint density at radius 2 is 0.913 bits per heavy atom. The summed E-state index contributed by atoms with van der Waals surface area (Å²) in [5, 5.41) is 0. The fourth-order valence-corrected chi connectivity index (χ4v) is 3.15. The van der Waals surface area contributed by atoms with Crippen LogP contribution in [0.1, 0.15) is 130 Å². The van der Waals surface area contributed by atoms with E-state index in [-0.39, 0.29) is 0 Å². The second-order valence-corrected chi connectivity index (χ2v) is 7.83. The van der Waals surface area contributed by atoms with Crippen molar-refractivity contribution < 1.29 is 0 Å². The van der Waals surface area contributed by atoms with Gasteiger partial charge in [0.05, 0.1) is 0 Å². The molecule has 0 fully saturated rings. The molecule has 0 aliphatic carbocycles. The summed E-state index contributed by atoms with van der Waals surface area (Å²) in [5.41, 5.74) is 0. The molecule has 0 nitrogen and oxygen atoms in total. The molecule has 0 spiro atoms. The highest BCUT2D eigenvalue weighted by Crippen LogP contribution is 2.13. The topological polar surface area (TPSA) is 0 Å². The molecule has 0 aromatic rings.